The van der Waals surface area contributed by atoms with Gasteiger partial charge in [-0.1, -0.05) is 45.4 Å². The van der Waals surface area contributed by atoms with E-state index in [2.05, 4.69) is 12.2 Å². The summed E-state index contributed by atoms with van der Waals surface area (Å²) in [6.45, 7) is 1.33. The van der Waals surface area contributed by atoms with Gasteiger partial charge in [0, 0.05) is 6.54 Å². The lowest BCUT2D eigenvalue weighted by Gasteiger charge is -2.42. The monoisotopic (exact) mass is 469 g/mol. The molecule has 1 aliphatic heterocycles. The highest BCUT2D eigenvalue weighted by Crippen LogP contribution is 2.25. The molecule has 1 fully saturated rings. The molecule has 0 aromatic carbocycles. The molecule has 0 aromatic heterocycles. The SMILES string of the molecule is CCCCCCCCCNCC(O)C(O)C(O[C@@H]1O[C@H](CO)[C@H](O)[C@H](O)[C@H]1O)C(O)CO. The predicted molar refractivity (Wildman–Crippen MR) is 115 cm³/mol. The average molecular weight is 470 g/mol. The van der Waals surface area contributed by atoms with Gasteiger partial charge in [-0.15, -0.1) is 0 Å². The van der Waals surface area contributed by atoms with Crippen LogP contribution in [0.3, 0.4) is 0 Å². The van der Waals surface area contributed by atoms with Crippen molar-refractivity contribution in [2.24, 2.45) is 0 Å². The third-order valence-electron chi connectivity index (χ3n) is 5.75. The first-order valence-electron chi connectivity index (χ1n) is 11.6. The zero-order valence-corrected chi connectivity index (χ0v) is 18.9. The fourth-order valence-electron chi connectivity index (χ4n) is 3.63. The zero-order chi connectivity index (χ0) is 24.1. The summed E-state index contributed by atoms with van der Waals surface area (Å²) in [5.74, 6) is 0. The summed E-state index contributed by atoms with van der Waals surface area (Å²) >= 11 is 0. The molecule has 0 amide bonds. The van der Waals surface area contributed by atoms with Gasteiger partial charge in [0.2, 0.25) is 0 Å². The first-order chi connectivity index (χ1) is 15.3. The number of hydrogen-bond donors (Lipinski definition) is 9. The van der Waals surface area contributed by atoms with Gasteiger partial charge in [-0.25, -0.2) is 0 Å². The van der Waals surface area contributed by atoms with Crippen molar-refractivity contribution in [1.82, 2.24) is 5.32 Å². The number of nitrogens with one attached hydrogen (secondary N) is 1. The molecule has 9 atom stereocenters. The Morgan fingerprint density at radius 1 is 0.844 bits per heavy atom. The number of aliphatic hydroxyl groups excluding tert-OH is 8. The van der Waals surface area contributed by atoms with E-state index >= 15 is 0 Å². The Labute approximate surface area is 189 Å². The summed E-state index contributed by atoms with van der Waals surface area (Å²) in [6.07, 6.45) is -6.15. The lowest BCUT2D eigenvalue weighted by atomic mass is 9.98. The van der Waals surface area contributed by atoms with Crippen LogP contribution in [0.5, 0.6) is 0 Å². The molecule has 0 aromatic rings. The molecule has 1 saturated heterocycles. The summed E-state index contributed by atoms with van der Waals surface area (Å²) in [6, 6.07) is 0. The Balaban J connectivity index is 2.52. The van der Waals surface area contributed by atoms with Crippen LogP contribution in [-0.4, -0.2) is 122 Å². The molecule has 1 heterocycles. The van der Waals surface area contributed by atoms with Gasteiger partial charge in [-0.3, -0.25) is 0 Å². The molecule has 4 unspecified atom stereocenters. The van der Waals surface area contributed by atoms with Crippen LogP contribution in [0.2, 0.25) is 0 Å². The first kappa shape index (κ1) is 29.6. The minimum absolute atomic E-state index is 0.00366. The molecule has 11 nitrogen and oxygen atoms in total. The number of hydrogen-bond acceptors (Lipinski definition) is 11. The van der Waals surface area contributed by atoms with E-state index in [9.17, 15) is 40.9 Å². The standard InChI is InChI=1S/C21H43NO10/c1-2-3-4-5-6-7-8-9-22-10-13(25)16(27)20(14(26)11-23)32-21-19(30)18(29)17(28)15(12-24)31-21/h13-30H,2-12H2,1H3/t13?,14?,15-,16?,17+,18+,19-,20?,21+/m1/s1. The van der Waals surface area contributed by atoms with Gasteiger partial charge < -0.3 is 55.6 Å². The van der Waals surface area contributed by atoms with Crippen molar-refractivity contribution in [2.45, 2.75) is 107 Å². The zero-order valence-electron chi connectivity index (χ0n) is 18.9. The summed E-state index contributed by atoms with van der Waals surface area (Å²) in [5.41, 5.74) is 0. The molecular formula is C21H43NO10. The molecule has 0 aliphatic carbocycles. The van der Waals surface area contributed by atoms with Crippen molar-refractivity contribution < 1.29 is 50.3 Å². The molecule has 0 spiro atoms. The van der Waals surface area contributed by atoms with Crippen molar-refractivity contribution in [3.05, 3.63) is 0 Å². The number of ether oxygens (including phenoxy) is 2. The lowest BCUT2D eigenvalue weighted by molar-refractivity contribution is -0.327. The van der Waals surface area contributed by atoms with Crippen LogP contribution in [0.25, 0.3) is 0 Å². The van der Waals surface area contributed by atoms with Crippen molar-refractivity contribution in [2.75, 3.05) is 26.3 Å². The normalized spacial score (nSPS) is 30.1. The van der Waals surface area contributed by atoms with Gasteiger partial charge in [-0.2, -0.15) is 0 Å². The lowest BCUT2D eigenvalue weighted by Crippen LogP contribution is -2.61. The molecule has 32 heavy (non-hydrogen) atoms. The van der Waals surface area contributed by atoms with E-state index in [1.807, 2.05) is 0 Å². The van der Waals surface area contributed by atoms with Crippen molar-refractivity contribution >= 4 is 0 Å². The third-order valence-corrected chi connectivity index (χ3v) is 5.75. The average Bonchev–Trinajstić information content (AvgIpc) is 2.80. The molecule has 11 heteroatoms. The van der Waals surface area contributed by atoms with Crippen molar-refractivity contribution in [1.29, 1.82) is 0 Å². The molecular weight excluding hydrogens is 426 g/mol. The Bertz CT molecular complexity index is 472. The quantitative estimate of drug-likeness (QED) is 0.103. The van der Waals surface area contributed by atoms with Gasteiger partial charge in [0.05, 0.1) is 19.3 Å². The van der Waals surface area contributed by atoms with Crippen LogP contribution >= 0.6 is 0 Å². The third kappa shape index (κ3) is 9.43. The van der Waals surface area contributed by atoms with Crippen LogP contribution in [0, 0.1) is 0 Å². The van der Waals surface area contributed by atoms with Crippen LogP contribution in [0.4, 0.5) is 0 Å². The molecule has 0 radical (unpaired) electrons. The Morgan fingerprint density at radius 2 is 1.47 bits per heavy atom. The van der Waals surface area contributed by atoms with E-state index in [1.165, 1.54) is 25.7 Å². The largest absolute Gasteiger partial charge is 0.394 e. The number of unbranched alkanes of at least 4 members (excludes halogenated alkanes) is 6. The molecule has 1 rings (SSSR count). The van der Waals surface area contributed by atoms with E-state index in [4.69, 9.17) is 9.47 Å². The van der Waals surface area contributed by atoms with Gasteiger partial charge >= 0.3 is 0 Å². The highest BCUT2D eigenvalue weighted by atomic mass is 16.7. The number of rotatable bonds is 17. The van der Waals surface area contributed by atoms with E-state index in [0.717, 1.165) is 19.3 Å². The summed E-state index contributed by atoms with van der Waals surface area (Å²) in [4.78, 5) is 0. The molecule has 192 valence electrons. The summed E-state index contributed by atoms with van der Waals surface area (Å²) in [5, 5.41) is 82.2. The highest BCUT2D eigenvalue weighted by molar-refractivity contribution is 4.91. The molecule has 0 saturated carbocycles. The van der Waals surface area contributed by atoms with Gasteiger partial charge in [0.25, 0.3) is 0 Å². The second-order valence-corrected chi connectivity index (χ2v) is 8.43. The Hall–Kier alpha value is -0.440. The topological polar surface area (TPSA) is 192 Å². The van der Waals surface area contributed by atoms with E-state index in [1.54, 1.807) is 0 Å². The maximum atomic E-state index is 10.5. The van der Waals surface area contributed by atoms with E-state index in [0.29, 0.717) is 6.54 Å². The molecule has 1 aliphatic rings. The van der Waals surface area contributed by atoms with Gasteiger partial charge in [-0.05, 0) is 13.0 Å². The van der Waals surface area contributed by atoms with Crippen LogP contribution in [0.1, 0.15) is 51.9 Å². The maximum Gasteiger partial charge on any atom is 0.187 e. The first-order valence-corrected chi connectivity index (χ1v) is 11.6. The highest BCUT2D eigenvalue weighted by Gasteiger charge is 2.46. The van der Waals surface area contributed by atoms with Crippen LogP contribution < -0.4 is 5.32 Å². The minimum Gasteiger partial charge on any atom is -0.394 e. The fourth-order valence-corrected chi connectivity index (χ4v) is 3.63. The second kappa shape index (κ2) is 16.2. The molecule has 9 N–H and O–H groups in total. The fraction of sp³-hybridized carbons (Fsp3) is 1.00. The van der Waals surface area contributed by atoms with E-state index in [-0.39, 0.29) is 6.54 Å². The van der Waals surface area contributed by atoms with Gasteiger partial charge in [0.1, 0.15) is 42.7 Å². The maximum absolute atomic E-state index is 10.5. The van der Waals surface area contributed by atoms with Crippen molar-refractivity contribution in [3.63, 3.8) is 0 Å². The van der Waals surface area contributed by atoms with Crippen molar-refractivity contribution in [3.8, 4) is 0 Å². The van der Waals surface area contributed by atoms with Gasteiger partial charge in [0.15, 0.2) is 6.29 Å². The second-order valence-electron chi connectivity index (χ2n) is 8.43. The Morgan fingerprint density at radius 3 is 2.06 bits per heavy atom. The number of aliphatic hydroxyl groups is 8. The molecule has 0 bridgehead atoms. The smallest absolute Gasteiger partial charge is 0.187 e. The predicted octanol–water partition coefficient (Wildman–Crippen LogP) is -2.41. The van der Waals surface area contributed by atoms with Crippen LogP contribution in [-0.2, 0) is 9.47 Å². The van der Waals surface area contributed by atoms with Crippen LogP contribution in [0.15, 0.2) is 0 Å². The Kier molecular flexibility index (Phi) is 15.0. The minimum atomic E-state index is -1.75. The summed E-state index contributed by atoms with van der Waals surface area (Å²) in [7, 11) is 0. The van der Waals surface area contributed by atoms with E-state index < -0.39 is 68.3 Å². The summed E-state index contributed by atoms with van der Waals surface area (Å²) < 4.78 is 10.6.